The summed E-state index contributed by atoms with van der Waals surface area (Å²) in [5.41, 5.74) is 1.10. The van der Waals surface area contributed by atoms with Gasteiger partial charge in [0.1, 0.15) is 11.5 Å². The van der Waals surface area contributed by atoms with Crippen LogP contribution in [0, 0.1) is 5.92 Å². The van der Waals surface area contributed by atoms with Crippen molar-refractivity contribution >= 4 is 5.91 Å². The molecule has 2 aromatic carbocycles. The number of carbonyl (C=O) groups excluding carboxylic acids is 1. The molecule has 0 spiro atoms. The molecule has 1 heterocycles. The lowest BCUT2D eigenvalue weighted by atomic mass is 9.97. The molecule has 0 bridgehead atoms. The van der Waals surface area contributed by atoms with Gasteiger partial charge in [-0.15, -0.1) is 0 Å². The maximum Gasteiger partial charge on any atom is 0.260 e. The molecule has 27 heavy (non-hydrogen) atoms. The fourth-order valence-corrected chi connectivity index (χ4v) is 3.45. The Morgan fingerprint density at radius 2 is 1.74 bits per heavy atom. The lowest BCUT2D eigenvalue weighted by molar-refractivity contribution is -0.664. The molecule has 1 aliphatic rings. The SMILES string of the molecule is COc1ccc(CN(CC2CC[NH2+]CC2)C(=O)COc2ccccc2)cc1. The van der Waals surface area contributed by atoms with E-state index in [2.05, 4.69) is 5.32 Å². The molecule has 0 aliphatic carbocycles. The molecule has 0 aromatic heterocycles. The Labute approximate surface area is 161 Å². The lowest BCUT2D eigenvalue weighted by Gasteiger charge is -2.29. The highest BCUT2D eigenvalue weighted by Gasteiger charge is 2.22. The molecule has 3 rings (SSSR count). The Bertz CT molecular complexity index is 697. The van der Waals surface area contributed by atoms with Crippen molar-refractivity contribution in [1.82, 2.24) is 4.90 Å². The van der Waals surface area contributed by atoms with Crippen molar-refractivity contribution in [2.24, 2.45) is 5.92 Å². The highest BCUT2D eigenvalue weighted by molar-refractivity contribution is 5.77. The topological polar surface area (TPSA) is 55.4 Å². The van der Waals surface area contributed by atoms with Crippen LogP contribution in [0.1, 0.15) is 18.4 Å². The highest BCUT2D eigenvalue weighted by atomic mass is 16.5. The summed E-state index contributed by atoms with van der Waals surface area (Å²) < 4.78 is 10.9. The summed E-state index contributed by atoms with van der Waals surface area (Å²) in [4.78, 5) is 14.8. The minimum atomic E-state index is 0.0317. The largest absolute Gasteiger partial charge is 0.497 e. The molecule has 0 radical (unpaired) electrons. The number of methoxy groups -OCH3 is 1. The number of benzene rings is 2. The van der Waals surface area contributed by atoms with E-state index in [9.17, 15) is 4.79 Å². The van der Waals surface area contributed by atoms with Crippen LogP contribution in [0.5, 0.6) is 11.5 Å². The Kier molecular flexibility index (Phi) is 7.11. The van der Waals surface area contributed by atoms with Crippen LogP contribution < -0.4 is 14.8 Å². The van der Waals surface area contributed by atoms with Crippen LogP contribution in [0.15, 0.2) is 54.6 Å². The number of para-hydroxylation sites is 1. The summed E-state index contributed by atoms with van der Waals surface area (Å²) in [5.74, 6) is 2.15. The molecule has 1 fully saturated rings. The Balaban J connectivity index is 1.64. The van der Waals surface area contributed by atoms with Gasteiger partial charge in [0, 0.05) is 25.9 Å². The van der Waals surface area contributed by atoms with Gasteiger partial charge in [-0.25, -0.2) is 0 Å². The van der Waals surface area contributed by atoms with E-state index in [1.54, 1.807) is 7.11 Å². The minimum Gasteiger partial charge on any atom is -0.497 e. The van der Waals surface area contributed by atoms with Gasteiger partial charge in [0.05, 0.1) is 20.2 Å². The van der Waals surface area contributed by atoms with Crippen molar-refractivity contribution in [3.05, 3.63) is 60.2 Å². The quantitative estimate of drug-likeness (QED) is 0.775. The molecule has 0 unspecified atom stereocenters. The summed E-state index contributed by atoms with van der Waals surface area (Å²) in [6, 6.07) is 17.4. The Morgan fingerprint density at radius 1 is 1.04 bits per heavy atom. The van der Waals surface area contributed by atoms with Gasteiger partial charge in [0.2, 0.25) is 0 Å². The van der Waals surface area contributed by atoms with E-state index in [1.165, 1.54) is 0 Å². The predicted octanol–water partition coefficient (Wildman–Crippen LogP) is 2.08. The fraction of sp³-hybridized carbons (Fsp3) is 0.409. The van der Waals surface area contributed by atoms with E-state index in [1.807, 2.05) is 59.5 Å². The minimum absolute atomic E-state index is 0.0317. The van der Waals surface area contributed by atoms with Crippen LogP contribution >= 0.6 is 0 Å². The molecular weight excluding hydrogens is 340 g/mol. The zero-order valence-corrected chi connectivity index (χ0v) is 16.0. The van der Waals surface area contributed by atoms with Crippen molar-refractivity contribution in [3.8, 4) is 11.5 Å². The van der Waals surface area contributed by atoms with E-state index in [-0.39, 0.29) is 12.5 Å². The number of carbonyl (C=O) groups is 1. The first kappa shape index (κ1) is 19.2. The molecule has 1 amide bonds. The summed E-state index contributed by atoms with van der Waals surface area (Å²) in [6.45, 7) is 3.75. The van der Waals surface area contributed by atoms with E-state index >= 15 is 0 Å². The first-order valence-corrected chi connectivity index (χ1v) is 9.65. The number of piperidine rings is 1. The van der Waals surface area contributed by atoms with Gasteiger partial charge in [-0.3, -0.25) is 4.79 Å². The van der Waals surface area contributed by atoms with Crippen molar-refractivity contribution in [3.63, 3.8) is 0 Å². The second-order valence-corrected chi connectivity index (χ2v) is 7.03. The van der Waals surface area contributed by atoms with E-state index in [0.29, 0.717) is 12.5 Å². The van der Waals surface area contributed by atoms with Crippen LogP contribution in [-0.2, 0) is 11.3 Å². The molecular formula is C22H29N2O3+. The number of hydrogen-bond acceptors (Lipinski definition) is 3. The molecule has 0 saturated carbocycles. The predicted molar refractivity (Wildman–Crippen MR) is 105 cm³/mol. The second-order valence-electron chi connectivity index (χ2n) is 7.03. The van der Waals surface area contributed by atoms with Gasteiger partial charge in [-0.1, -0.05) is 30.3 Å². The van der Waals surface area contributed by atoms with Crippen LogP contribution in [0.25, 0.3) is 0 Å². The molecule has 1 aliphatic heterocycles. The van der Waals surface area contributed by atoms with Crippen LogP contribution in [0.3, 0.4) is 0 Å². The van der Waals surface area contributed by atoms with Gasteiger partial charge in [-0.05, 0) is 35.7 Å². The maximum absolute atomic E-state index is 12.9. The number of quaternary nitrogens is 1. The number of nitrogens with two attached hydrogens (primary N) is 1. The van der Waals surface area contributed by atoms with E-state index in [4.69, 9.17) is 9.47 Å². The normalized spacial score (nSPS) is 14.6. The van der Waals surface area contributed by atoms with Crippen LogP contribution in [-0.4, -0.2) is 44.2 Å². The van der Waals surface area contributed by atoms with Gasteiger partial charge >= 0.3 is 0 Å². The highest BCUT2D eigenvalue weighted by Crippen LogP contribution is 2.17. The van der Waals surface area contributed by atoms with Crippen molar-refractivity contribution in [1.29, 1.82) is 0 Å². The van der Waals surface area contributed by atoms with E-state index in [0.717, 1.165) is 49.5 Å². The smallest absolute Gasteiger partial charge is 0.260 e. The Hall–Kier alpha value is -2.53. The fourth-order valence-electron chi connectivity index (χ4n) is 3.45. The summed E-state index contributed by atoms with van der Waals surface area (Å²) in [5, 5.41) is 2.35. The second kappa shape index (κ2) is 9.97. The number of ether oxygens (including phenoxy) is 2. The third-order valence-corrected chi connectivity index (χ3v) is 5.03. The summed E-state index contributed by atoms with van der Waals surface area (Å²) in [6.07, 6.45) is 2.32. The lowest BCUT2D eigenvalue weighted by Crippen LogP contribution is -2.86. The monoisotopic (exact) mass is 369 g/mol. The van der Waals surface area contributed by atoms with E-state index < -0.39 is 0 Å². The zero-order chi connectivity index (χ0) is 18.9. The zero-order valence-electron chi connectivity index (χ0n) is 16.0. The average molecular weight is 369 g/mol. The van der Waals surface area contributed by atoms with Crippen LogP contribution in [0.2, 0.25) is 0 Å². The molecule has 5 nitrogen and oxygen atoms in total. The summed E-state index contributed by atoms with van der Waals surface area (Å²) >= 11 is 0. The molecule has 0 atom stereocenters. The molecule has 144 valence electrons. The first-order chi connectivity index (χ1) is 13.2. The third kappa shape index (κ3) is 6.00. The maximum atomic E-state index is 12.9. The van der Waals surface area contributed by atoms with Crippen molar-refractivity contribution in [2.45, 2.75) is 19.4 Å². The van der Waals surface area contributed by atoms with Gasteiger partial charge in [0.25, 0.3) is 5.91 Å². The van der Waals surface area contributed by atoms with Crippen molar-refractivity contribution in [2.75, 3.05) is 33.4 Å². The standard InChI is InChI=1S/C22H28N2O3/c1-26-20-9-7-18(8-10-20)15-24(16-19-11-13-23-14-12-19)22(25)17-27-21-5-3-2-4-6-21/h2-10,19,23H,11-17H2,1H3/p+1. The number of rotatable bonds is 8. The summed E-state index contributed by atoms with van der Waals surface area (Å²) in [7, 11) is 1.66. The molecule has 2 N–H and O–H groups in total. The van der Waals surface area contributed by atoms with Gasteiger partial charge < -0.3 is 19.7 Å². The number of amides is 1. The van der Waals surface area contributed by atoms with Gasteiger partial charge in [0.15, 0.2) is 6.61 Å². The Morgan fingerprint density at radius 3 is 2.41 bits per heavy atom. The van der Waals surface area contributed by atoms with Crippen molar-refractivity contribution < 1.29 is 19.6 Å². The molecule has 1 saturated heterocycles. The van der Waals surface area contributed by atoms with Gasteiger partial charge in [-0.2, -0.15) is 0 Å². The molecule has 5 heteroatoms. The number of nitrogens with zero attached hydrogens (tertiary/aromatic N) is 1. The molecule has 2 aromatic rings. The third-order valence-electron chi connectivity index (χ3n) is 5.03. The number of hydrogen-bond donors (Lipinski definition) is 1. The average Bonchev–Trinajstić information content (AvgIpc) is 2.73. The van der Waals surface area contributed by atoms with Crippen LogP contribution in [0.4, 0.5) is 0 Å². The first-order valence-electron chi connectivity index (χ1n) is 9.65.